The minimum atomic E-state index is 0.0603. The van der Waals surface area contributed by atoms with Crippen LogP contribution in [0.3, 0.4) is 0 Å². The number of aromatic nitrogens is 3. The molecule has 126 valence electrons. The number of H-pyrrole nitrogens is 1. The Balaban J connectivity index is 1.38. The van der Waals surface area contributed by atoms with Gasteiger partial charge in [-0.2, -0.15) is 4.98 Å². The number of rotatable bonds is 8. The minimum absolute atomic E-state index is 0.0603. The zero-order valence-electron chi connectivity index (χ0n) is 13.8. The number of benzene rings is 1. The van der Waals surface area contributed by atoms with Gasteiger partial charge in [-0.3, -0.25) is 4.79 Å². The van der Waals surface area contributed by atoms with E-state index in [1.807, 2.05) is 25.3 Å². The second-order valence-corrected chi connectivity index (χ2v) is 5.77. The number of carbonyl (C=O) groups excluding carboxylic acids is 1. The van der Waals surface area contributed by atoms with Crippen LogP contribution in [0.1, 0.15) is 37.0 Å². The van der Waals surface area contributed by atoms with Gasteiger partial charge in [-0.25, -0.2) is 0 Å². The lowest BCUT2D eigenvalue weighted by Gasteiger charge is -2.04. The van der Waals surface area contributed by atoms with Crippen LogP contribution in [0.2, 0.25) is 0 Å². The van der Waals surface area contributed by atoms with E-state index in [9.17, 15) is 4.79 Å². The quantitative estimate of drug-likeness (QED) is 0.667. The van der Waals surface area contributed by atoms with Crippen LogP contribution >= 0.6 is 0 Å². The molecule has 0 aliphatic rings. The first-order valence-electron chi connectivity index (χ1n) is 8.39. The molecular formula is C18H22N4O2. The van der Waals surface area contributed by atoms with Crippen molar-refractivity contribution < 1.29 is 9.32 Å². The second-order valence-electron chi connectivity index (χ2n) is 5.77. The fourth-order valence-electron chi connectivity index (χ4n) is 2.70. The van der Waals surface area contributed by atoms with Gasteiger partial charge in [0.15, 0.2) is 5.82 Å². The summed E-state index contributed by atoms with van der Waals surface area (Å²) in [5.74, 6) is 1.39. The number of para-hydroxylation sites is 1. The average Bonchev–Trinajstić information content (AvgIpc) is 3.22. The first-order chi connectivity index (χ1) is 11.8. The van der Waals surface area contributed by atoms with Crippen molar-refractivity contribution in [3.8, 4) is 0 Å². The van der Waals surface area contributed by atoms with Crippen molar-refractivity contribution in [2.75, 3.05) is 6.54 Å². The molecule has 0 bridgehead atoms. The van der Waals surface area contributed by atoms with Crippen molar-refractivity contribution in [3.05, 3.63) is 47.7 Å². The highest BCUT2D eigenvalue weighted by molar-refractivity contribution is 5.83. The number of nitrogens with zero attached hydrogens (tertiary/aromatic N) is 2. The van der Waals surface area contributed by atoms with E-state index in [2.05, 4.69) is 32.6 Å². The Morgan fingerprint density at radius 3 is 3.00 bits per heavy atom. The van der Waals surface area contributed by atoms with Crippen molar-refractivity contribution in [1.82, 2.24) is 20.4 Å². The molecule has 3 aromatic rings. The van der Waals surface area contributed by atoms with Gasteiger partial charge < -0.3 is 14.8 Å². The molecule has 0 saturated carbocycles. The maximum absolute atomic E-state index is 11.9. The molecule has 0 aliphatic heterocycles. The molecule has 0 spiro atoms. The van der Waals surface area contributed by atoms with Crippen molar-refractivity contribution in [1.29, 1.82) is 0 Å². The molecule has 2 aromatic heterocycles. The molecule has 24 heavy (non-hydrogen) atoms. The van der Waals surface area contributed by atoms with E-state index in [4.69, 9.17) is 4.52 Å². The number of nitrogens with one attached hydrogen (secondary N) is 2. The molecular weight excluding hydrogens is 304 g/mol. The lowest BCUT2D eigenvalue weighted by Crippen LogP contribution is -2.25. The molecule has 2 N–H and O–H groups in total. The van der Waals surface area contributed by atoms with Crippen molar-refractivity contribution in [3.63, 3.8) is 0 Å². The molecule has 3 rings (SSSR count). The highest BCUT2D eigenvalue weighted by Gasteiger charge is 2.07. The normalized spacial score (nSPS) is 11.0. The predicted octanol–water partition coefficient (Wildman–Crippen LogP) is 2.79. The number of aryl methyl sites for hydroxylation is 2. The summed E-state index contributed by atoms with van der Waals surface area (Å²) in [4.78, 5) is 19.4. The van der Waals surface area contributed by atoms with E-state index in [1.165, 1.54) is 10.9 Å². The largest absolute Gasteiger partial charge is 0.361 e. The zero-order chi connectivity index (χ0) is 16.8. The topological polar surface area (TPSA) is 83.8 Å². The smallest absolute Gasteiger partial charge is 0.226 e. The van der Waals surface area contributed by atoms with Crippen LogP contribution in [0, 0.1) is 0 Å². The Morgan fingerprint density at radius 2 is 2.17 bits per heavy atom. The summed E-state index contributed by atoms with van der Waals surface area (Å²) in [6, 6.07) is 8.19. The molecule has 0 atom stereocenters. The van der Waals surface area contributed by atoms with Gasteiger partial charge in [-0.05, 0) is 24.5 Å². The lowest BCUT2D eigenvalue weighted by atomic mass is 10.1. The van der Waals surface area contributed by atoms with E-state index in [0.29, 0.717) is 37.5 Å². The van der Waals surface area contributed by atoms with E-state index >= 15 is 0 Å². The van der Waals surface area contributed by atoms with Crippen LogP contribution in [0.5, 0.6) is 0 Å². The molecule has 0 radical (unpaired) electrons. The Labute approximate surface area is 140 Å². The van der Waals surface area contributed by atoms with Gasteiger partial charge in [0.1, 0.15) is 0 Å². The second kappa shape index (κ2) is 7.77. The number of amides is 1. The maximum Gasteiger partial charge on any atom is 0.226 e. The van der Waals surface area contributed by atoms with Crippen LogP contribution < -0.4 is 5.32 Å². The predicted molar refractivity (Wildman–Crippen MR) is 91.6 cm³/mol. The standard InChI is InChI=1S/C18H22N4O2/c1-2-16-21-18(24-22-16)9-5-8-17(23)19-11-10-13-12-20-15-7-4-3-6-14(13)15/h3-4,6-7,12,20H,2,5,8-11H2,1H3,(H,19,23). The van der Waals surface area contributed by atoms with Gasteiger partial charge in [-0.15, -0.1) is 0 Å². The summed E-state index contributed by atoms with van der Waals surface area (Å²) in [6.45, 7) is 2.62. The summed E-state index contributed by atoms with van der Waals surface area (Å²) in [5, 5.41) is 8.03. The molecule has 0 unspecified atom stereocenters. The summed E-state index contributed by atoms with van der Waals surface area (Å²) < 4.78 is 5.11. The maximum atomic E-state index is 11.9. The summed E-state index contributed by atoms with van der Waals surface area (Å²) >= 11 is 0. The average molecular weight is 326 g/mol. The van der Waals surface area contributed by atoms with Crippen molar-refractivity contribution in [2.45, 2.75) is 39.0 Å². The van der Waals surface area contributed by atoms with Crippen molar-refractivity contribution in [2.24, 2.45) is 0 Å². The Kier molecular flexibility index (Phi) is 5.25. The van der Waals surface area contributed by atoms with Gasteiger partial charge in [0.2, 0.25) is 11.8 Å². The molecule has 2 heterocycles. The third-order valence-corrected chi connectivity index (χ3v) is 4.01. The number of aromatic amines is 1. The van der Waals surface area contributed by atoms with Gasteiger partial charge in [0.05, 0.1) is 0 Å². The Bertz CT molecular complexity index is 806. The molecule has 6 nitrogen and oxygen atoms in total. The van der Waals surface area contributed by atoms with Crippen LogP contribution in [0.15, 0.2) is 35.0 Å². The van der Waals surface area contributed by atoms with Gasteiger partial charge in [0.25, 0.3) is 0 Å². The Hall–Kier alpha value is -2.63. The molecule has 0 aliphatic carbocycles. The zero-order valence-corrected chi connectivity index (χ0v) is 13.8. The van der Waals surface area contributed by atoms with Gasteiger partial charge >= 0.3 is 0 Å². The highest BCUT2D eigenvalue weighted by atomic mass is 16.5. The SMILES string of the molecule is CCc1noc(CCCC(=O)NCCc2c[nH]c3ccccc23)n1. The third-order valence-electron chi connectivity index (χ3n) is 4.01. The molecule has 1 amide bonds. The van der Waals surface area contributed by atoms with E-state index in [1.54, 1.807) is 0 Å². The monoisotopic (exact) mass is 326 g/mol. The fraction of sp³-hybridized carbons (Fsp3) is 0.389. The number of carbonyl (C=O) groups is 1. The first-order valence-corrected chi connectivity index (χ1v) is 8.39. The molecule has 1 aromatic carbocycles. The summed E-state index contributed by atoms with van der Waals surface area (Å²) in [7, 11) is 0. The summed E-state index contributed by atoms with van der Waals surface area (Å²) in [5.41, 5.74) is 2.36. The van der Waals surface area contributed by atoms with Crippen LogP contribution in [-0.4, -0.2) is 27.6 Å². The Morgan fingerprint density at radius 1 is 1.29 bits per heavy atom. The van der Waals surface area contributed by atoms with Crippen LogP contribution in [-0.2, 0) is 24.1 Å². The third kappa shape index (κ3) is 4.01. The summed E-state index contributed by atoms with van der Waals surface area (Å²) in [6.07, 6.45) is 5.42. The molecule has 6 heteroatoms. The first kappa shape index (κ1) is 16.2. The van der Waals surface area contributed by atoms with Gasteiger partial charge in [-0.1, -0.05) is 30.3 Å². The number of hydrogen-bond acceptors (Lipinski definition) is 4. The lowest BCUT2D eigenvalue weighted by molar-refractivity contribution is -0.121. The van der Waals surface area contributed by atoms with E-state index < -0.39 is 0 Å². The fourth-order valence-corrected chi connectivity index (χ4v) is 2.70. The van der Waals surface area contributed by atoms with Crippen LogP contribution in [0.4, 0.5) is 0 Å². The minimum Gasteiger partial charge on any atom is -0.361 e. The van der Waals surface area contributed by atoms with Crippen molar-refractivity contribution >= 4 is 16.8 Å². The number of hydrogen-bond donors (Lipinski definition) is 2. The highest BCUT2D eigenvalue weighted by Crippen LogP contribution is 2.17. The van der Waals surface area contributed by atoms with E-state index in [-0.39, 0.29) is 5.91 Å². The number of fused-ring (bicyclic) bond motifs is 1. The molecule has 0 fully saturated rings. The van der Waals surface area contributed by atoms with E-state index in [0.717, 1.165) is 18.4 Å². The van der Waals surface area contributed by atoms with Crippen LogP contribution in [0.25, 0.3) is 10.9 Å². The molecule has 0 saturated heterocycles. The van der Waals surface area contributed by atoms with Gasteiger partial charge in [0, 0.05) is 42.9 Å².